The van der Waals surface area contributed by atoms with Gasteiger partial charge in [0.05, 0.1) is 0 Å². The molecular formula is C20H22NO3-. The van der Waals surface area contributed by atoms with E-state index in [1.54, 1.807) is 0 Å². The lowest BCUT2D eigenvalue weighted by atomic mass is 9.94. The zero-order chi connectivity index (χ0) is 17.7. The number of aliphatic carboxylic acids is 1. The van der Waals surface area contributed by atoms with Gasteiger partial charge in [0, 0.05) is 17.6 Å². The van der Waals surface area contributed by atoms with Gasteiger partial charge in [0.1, 0.15) is 0 Å². The number of hydrogen-bond acceptors (Lipinski definition) is 3. The van der Waals surface area contributed by atoms with Crippen molar-refractivity contribution >= 4 is 17.6 Å². The summed E-state index contributed by atoms with van der Waals surface area (Å²) in [6, 6.07) is 13.5. The maximum Gasteiger partial charge on any atom is 0.228 e. The Morgan fingerprint density at radius 3 is 2.25 bits per heavy atom. The summed E-state index contributed by atoms with van der Waals surface area (Å²) < 4.78 is 0. The third-order valence-electron chi connectivity index (χ3n) is 4.04. The quantitative estimate of drug-likeness (QED) is 0.888. The van der Waals surface area contributed by atoms with Gasteiger partial charge in [0.25, 0.3) is 0 Å². The van der Waals surface area contributed by atoms with Crippen LogP contribution in [0.15, 0.2) is 42.5 Å². The highest BCUT2D eigenvalue weighted by Crippen LogP contribution is 2.20. The number of hydrogen-bond donors (Lipinski definition) is 1. The van der Waals surface area contributed by atoms with Crippen LogP contribution in [0.25, 0.3) is 0 Å². The lowest BCUT2D eigenvalue weighted by molar-refractivity contribution is -0.306. The third kappa shape index (κ3) is 4.95. The van der Waals surface area contributed by atoms with Gasteiger partial charge in [-0.25, -0.2) is 0 Å². The summed E-state index contributed by atoms with van der Waals surface area (Å²) in [5.41, 5.74) is 4.74. The molecule has 2 aromatic rings. The number of benzene rings is 2. The van der Waals surface area contributed by atoms with Gasteiger partial charge in [-0.2, -0.15) is 0 Å². The molecule has 0 aliphatic carbocycles. The van der Waals surface area contributed by atoms with E-state index in [9.17, 15) is 14.7 Å². The fourth-order valence-electron chi connectivity index (χ4n) is 2.57. The summed E-state index contributed by atoms with van der Waals surface area (Å²) in [5, 5.41) is 13.9. The summed E-state index contributed by atoms with van der Waals surface area (Å²) in [6.07, 6.45) is 0.0650. The van der Waals surface area contributed by atoms with Crippen molar-refractivity contribution in [1.82, 2.24) is 0 Å². The lowest BCUT2D eigenvalue weighted by Crippen LogP contribution is -2.32. The smallest absolute Gasteiger partial charge is 0.228 e. The maximum absolute atomic E-state index is 12.6. The molecule has 0 fully saturated rings. The number of carboxylic acids is 1. The summed E-state index contributed by atoms with van der Waals surface area (Å²) in [5.74, 6) is -2.19. The molecule has 0 aliphatic rings. The predicted octanol–water partition coefficient (Wildman–Crippen LogP) is 2.55. The fraction of sp³-hybridized carbons (Fsp3) is 0.300. The number of aryl methyl sites for hydroxylation is 3. The number of amides is 1. The first-order valence-electron chi connectivity index (χ1n) is 7.98. The molecule has 0 saturated carbocycles. The highest BCUT2D eigenvalue weighted by atomic mass is 16.4. The van der Waals surface area contributed by atoms with Crippen LogP contribution >= 0.6 is 0 Å². The van der Waals surface area contributed by atoms with Crippen LogP contribution in [-0.2, 0) is 16.0 Å². The molecule has 0 aliphatic heterocycles. The summed E-state index contributed by atoms with van der Waals surface area (Å²) >= 11 is 0. The Morgan fingerprint density at radius 1 is 1.00 bits per heavy atom. The summed E-state index contributed by atoms with van der Waals surface area (Å²) in [4.78, 5) is 23.6. The first kappa shape index (κ1) is 17.7. The molecule has 0 unspecified atom stereocenters. The summed E-state index contributed by atoms with van der Waals surface area (Å²) in [6.45, 7) is 5.83. The van der Waals surface area contributed by atoms with Gasteiger partial charge in [-0.3, -0.25) is 4.79 Å². The van der Waals surface area contributed by atoms with E-state index in [1.165, 1.54) is 0 Å². The average molecular weight is 324 g/mol. The topological polar surface area (TPSA) is 69.2 Å². The molecule has 0 radical (unpaired) electrons. The number of anilines is 1. The molecule has 1 atom stereocenters. The Bertz CT molecular complexity index is 735. The van der Waals surface area contributed by atoms with E-state index in [-0.39, 0.29) is 12.3 Å². The number of nitrogens with one attached hydrogen (secondary N) is 1. The molecule has 24 heavy (non-hydrogen) atoms. The molecule has 0 spiro atoms. The molecule has 0 aromatic heterocycles. The van der Waals surface area contributed by atoms with E-state index in [4.69, 9.17) is 0 Å². The predicted molar refractivity (Wildman–Crippen MR) is 92.5 cm³/mol. The Balaban J connectivity index is 2.16. The maximum atomic E-state index is 12.6. The largest absolute Gasteiger partial charge is 0.550 e. The second-order valence-electron chi connectivity index (χ2n) is 6.27. The highest BCUT2D eigenvalue weighted by Gasteiger charge is 2.20. The number of rotatable bonds is 6. The molecule has 1 N–H and O–H groups in total. The Hall–Kier alpha value is -2.62. The van der Waals surface area contributed by atoms with Crippen molar-refractivity contribution < 1.29 is 14.7 Å². The number of carbonyl (C=O) groups is 2. The van der Waals surface area contributed by atoms with Gasteiger partial charge in [0.2, 0.25) is 5.91 Å². The van der Waals surface area contributed by atoms with E-state index < -0.39 is 11.9 Å². The van der Waals surface area contributed by atoms with Gasteiger partial charge in [0.15, 0.2) is 0 Å². The van der Waals surface area contributed by atoms with Crippen molar-refractivity contribution in [3.8, 4) is 0 Å². The minimum Gasteiger partial charge on any atom is -0.550 e. The molecular weight excluding hydrogens is 302 g/mol. The van der Waals surface area contributed by atoms with E-state index in [2.05, 4.69) is 5.32 Å². The van der Waals surface area contributed by atoms with Gasteiger partial charge in [-0.05, 0) is 56.4 Å². The fourth-order valence-corrected chi connectivity index (χ4v) is 2.57. The molecule has 0 heterocycles. The van der Waals surface area contributed by atoms with Crippen molar-refractivity contribution in [2.75, 3.05) is 5.32 Å². The van der Waals surface area contributed by atoms with Crippen LogP contribution in [0.5, 0.6) is 0 Å². The van der Waals surface area contributed by atoms with Gasteiger partial charge < -0.3 is 15.2 Å². The van der Waals surface area contributed by atoms with Crippen molar-refractivity contribution in [1.29, 1.82) is 0 Å². The second-order valence-corrected chi connectivity index (χ2v) is 6.27. The normalized spacial score (nSPS) is 11.8. The molecule has 2 aromatic carbocycles. The standard InChI is InChI=1S/C20H23NO3/c1-13-5-8-16(9-6-13)11-17(12-19(22)23)20(24)21-18-10-14(2)4-7-15(18)3/h4-10,17H,11-12H2,1-3H3,(H,21,24)(H,22,23)/p-1/t17-/m0/s1. The van der Waals surface area contributed by atoms with Crippen LogP contribution in [0, 0.1) is 26.7 Å². The van der Waals surface area contributed by atoms with E-state index in [0.717, 1.165) is 22.3 Å². The zero-order valence-corrected chi connectivity index (χ0v) is 14.3. The molecule has 2 rings (SSSR count). The first-order chi connectivity index (χ1) is 11.3. The lowest BCUT2D eigenvalue weighted by Gasteiger charge is -2.19. The number of carbonyl (C=O) groups excluding carboxylic acids is 2. The molecule has 4 nitrogen and oxygen atoms in total. The van der Waals surface area contributed by atoms with Crippen LogP contribution in [0.3, 0.4) is 0 Å². The van der Waals surface area contributed by atoms with Gasteiger partial charge >= 0.3 is 0 Å². The van der Waals surface area contributed by atoms with Crippen LogP contribution in [0.2, 0.25) is 0 Å². The van der Waals surface area contributed by atoms with Crippen LogP contribution < -0.4 is 10.4 Å². The van der Waals surface area contributed by atoms with Crippen LogP contribution in [-0.4, -0.2) is 11.9 Å². The van der Waals surface area contributed by atoms with Gasteiger partial charge in [-0.15, -0.1) is 0 Å². The SMILES string of the molecule is Cc1ccc(C[C@@H](CC(=O)[O-])C(=O)Nc2cc(C)ccc2C)cc1. The minimum absolute atomic E-state index is 0.298. The summed E-state index contributed by atoms with van der Waals surface area (Å²) in [7, 11) is 0. The Morgan fingerprint density at radius 2 is 1.62 bits per heavy atom. The van der Waals surface area contributed by atoms with E-state index in [0.29, 0.717) is 12.1 Å². The third-order valence-corrected chi connectivity index (χ3v) is 4.04. The monoisotopic (exact) mass is 324 g/mol. The average Bonchev–Trinajstić information content (AvgIpc) is 2.52. The second kappa shape index (κ2) is 7.77. The molecule has 1 amide bonds. The van der Waals surface area contributed by atoms with Crippen molar-refractivity contribution in [2.45, 2.75) is 33.6 Å². The van der Waals surface area contributed by atoms with Crippen molar-refractivity contribution in [3.63, 3.8) is 0 Å². The molecule has 0 bridgehead atoms. The minimum atomic E-state index is -1.22. The highest BCUT2D eigenvalue weighted by molar-refractivity contribution is 5.95. The first-order valence-corrected chi connectivity index (χ1v) is 7.98. The van der Waals surface area contributed by atoms with E-state index >= 15 is 0 Å². The van der Waals surface area contributed by atoms with Crippen molar-refractivity contribution in [3.05, 3.63) is 64.7 Å². The number of carboxylic acid groups (broad SMARTS) is 1. The zero-order valence-electron chi connectivity index (χ0n) is 14.3. The molecule has 126 valence electrons. The Kier molecular flexibility index (Phi) is 5.74. The van der Waals surface area contributed by atoms with Crippen molar-refractivity contribution in [2.24, 2.45) is 5.92 Å². The van der Waals surface area contributed by atoms with Crippen LogP contribution in [0.4, 0.5) is 5.69 Å². The van der Waals surface area contributed by atoms with Crippen LogP contribution in [0.1, 0.15) is 28.7 Å². The Labute approximate surface area is 142 Å². The van der Waals surface area contributed by atoms with E-state index in [1.807, 2.05) is 63.2 Å². The van der Waals surface area contributed by atoms with Gasteiger partial charge in [-0.1, -0.05) is 42.0 Å². The molecule has 0 saturated heterocycles. The molecule has 4 heteroatoms.